The van der Waals surface area contributed by atoms with Gasteiger partial charge in [0, 0.05) is 25.2 Å². The molecule has 0 saturated carbocycles. The first kappa shape index (κ1) is 16.9. The highest BCUT2D eigenvalue weighted by Gasteiger charge is 2.31. The number of anilines is 1. The maximum atomic E-state index is 13.0. The van der Waals surface area contributed by atoms with Gasteiger partial charge in [0.25, 0.3) is 0 Å². The van der Waals surface area contributed by atoms with Crippen LogP contribution in [0.1, 0.15) is 12.0 Å². The van der Waals surface area contributed by atoms with Gasteiger partial charge in [0.2, 0.25) is 5.91 Å². The van der Waals surface area contributed by atoms with E-state index in [4.69, 9.17) is 0 Å². The second kappa shape index (κ2) is 7.29. The quantitative estimate of drug-likeness (QED) is 0.895. The second-order valence-electron chi connectivity index (χ2n) is 5.84. The molecule has 3 amide bonds. The molecular weight excluding hydrogens is 328 g/mol. The van der Waals surface area contributed by atoms with E-state index in [0.29, 0.717) is 12.2 Å². The number of amides is 3. The Kier molecular flexibility index (Phi) is 4.92. The van der Waals surface area contributed by atoms with Gasteiger partial charge in [-0.3, -0.25) is 4.79 Å². The maximum absolute atomic E-state index is 13.0. The molecule has 0 aliphatic carbocycles. The summed E-state index contributed by atoms with van der Waals surface area (Å²) in [5.41, 5.74) is 1.37. The highest BCUT2D eigenvalue weighted by molar-refractivity contribution is 5.96. The zero-order valence-electron chi connectivity index (χ0n) is 13.3. The van der Waals surface area contributed by atoms with Crippen molar-refractivity contribution < 1.29 is 18.4 Å². The van der Waals surface area contributed by atoms with E-state index in [1.807, 2.05) is 0 Å². The number of urea groups is 1. The summed E-state index contributed by atoms with van der Waals surface area (Å²) in [4.78, 5) is 25.6. The van der Waals surface area contributed by atoms with Crippen LogP contribution in [0.5, 0.6) is 0 Å². The van der Waals surface area contributed by atoms with Crippen molar-refractivity contribution in [2.24, 2.45) is 0 Å². The molecule has 1 aliphatic heterocycles. The van der Waals surface area contributed by atoms with Crippen molar-refractivity contribution in [2.45, 2.75) is 19.0 Å². The highest BCUT2D eigenvalue weighted by Crippen LogP contribution is 2.21. The van der Waals surface area contributed by atoms with Gasteiger partial charge < -0.3 is 15.5 Å². The number of carbonyl (C=O) groups excluding carboxylic acids is 2. The number of carbonyl (C=O) groups is 2. The molecule has 130 valence electrons. The Bertz CT molecular complexity index is 763. The standard InChI is InChI=1S/C18H17F2N3O2/c19-13-3-1-12(2-4-13)10-21-18(25)22-15-9-17(24)23(11-15)16-7-5-14(20)6-8-16/h1-8,15H,9-11H2,(H2,21,22,25)/t15-/m1/s1. The van der Waals surface area contributed by atoms with E-state index in [-0.39, 0.29) is 36.5 Å². The normalized spacial score (nSPS) is 16.8. The van der Waals surface area contributed by atoms with Crippen LogP contribution in [0.15, 0.2) is 48.5 Å². The lowest BCUT2D eigenvalue weighted by Gasteiger charge is -2.17. The third-order valence-electron chi connectivity index (χ3n) is 3.96. The van der Waals surface area contributed by atoms with E-state index in [1.54, 1.807) is 12.1 Å². The molecule has 25 heavy (non-hydrogen) atoms. The zero-order chi connectivity index (χ0) is 17.8. The number of nitrogens with zero attached hydrogens (tertiary/aromatic N) is 1. The first-order chi connectivity index (χ1) is 12.0. The van der Waals surface area contributed by atoms with Crippen LogP contribution in [0.25, 0.3) is 0 Å². The first-order valence-electron chi connectivity index (χ1n) is 7.86. The van der Waals surface area contributed by atoms with Crippen molar-refractivity contribution in [3.63, 3.8) is 0 Å². The minimum atomic E-state index is -0.400. The van der Waals surface area contributed by atoms with Crippen molar-refractivity contribution in [3.05, 3.63) is 65.7 Å². The Labute approximate surface area is 143 Å². The Morgan fingerprint density at radius 1 is 1.04 bits per heavy atom. The molecular formula is C18H17F2N3O2. The Morgan fingerprint density at radius 3 is 2.28 bits per heavy atom. The van der Waals surface area contributed by atoms with Crippen LogP contribution in [0.4, 0.5) is 19.3 Å². The summed E-state index contributed by atoms with van der Waals surface area (Å²) >= 11 is 0. The molecule has 1 atom stereocenters. The first-order valence-corrected chi connectivity index (χ1v) is 7.86. The second-order valence-corrected chi connectivity index (χ2v) is 5.84. The summed E-state index contributed by atoms with van der Waals surface area (Å²) in [6.07, 6.45) is 0.182. The summed E-state index contributed by atoms with van der Waals surface area (Å²) in [5, 5.41) is 5.41. The van der Waals surface area contributed by atoms with E-state index >= 15 is 0 Å². The minimum Gasteiger partial charge on any atom is -0.334 e. The average Bonchev–Trinajstić information content (AvgIpc) is 2.95. The largest absolute Gasteiger partial charge is 0.334 e. The summed E-state index contributed by atoms with van der Waals surface area (Å²) in [6, 6.07) is 10.7. The summed E-state index contributed by atoms with van der Waals surface area (Å²) < 4.78 is 25.8. The fraction of sp³-hybridized carbons (Fsp3) is 0.222. The molecule has 2 aromatic carbocycles. The molecule has 0 unspecified atom stereocenters. The van der Waals surface area contributed by atoms with E-state index < -0.39 is 6.03 Å². The third-order valence-corrected chi connectivity index (χ3v) is 3.96. The van der Waals surface area contributed by atoms with Gasteiger partial charge in [0.05, 0.1) is 6.04 Å². The smallest absolute Gasteiger partial charge is 0.315 e. The number of rotatable bonds is 4. The number of halogens is 2. The van der Waals surface area contributed by atoms with Gasteiger partial charge in [-0.15, -0.1) is 0 Å². The Morgan fingerprint density at radius 2 is 1.64 bits per heavy atom. The van der Waals surface area contributed by atoms with Gasteiger partial charge in [-0.25, -0.2) is 13.6 Å². The van der Waals surface area contributed by atoms with E-state index in [2.05, 4.69) is 10.6 Å². The van der Waals surface area contributed by atoms with Crippen molar-refractivity contribution in [1.29, 1.82) is 0 Å². The SMILES string of the molecule is O=C(NCc1ccc(F)cc1)N[C@@H]1CC(=O)N(c2ccc(F)cc2)C1. The van der Waals surface area contributed by atoms with Crippen LogP contribution < -0.4 is 15.5 Å². The molecule has 2 aromatic rings. The number of hydrogen-bond acceptors (Lipinski definition) is 2. The predicted octanol–water partition coefficient (Wildman–Crippen LogP) is 2.57. The molecule has 0 spiro atoms. The average molecular weight is 345 g/mol. The topological polar surface area (TPSA) is 61.4 Å². The van der Waals surface area contributed by atoms with Crippen molar-refractivity contribution in [2.75, 3.05) is 11.4 Å². The molecule has 1 aliphatic rings. The van der Waals surface area contributed by atoms with Crippen molar-refractivity contribution in [3.8, 4) is 0 Å². The van der Waals surface area contributed by atoms with Gasteiger partial charge in [-0.2, -0.15) is 0 Å². The lowest BCUT2D eigenvalue weighted by molar-refractivity contribution is -0.117. The molecule has 5 nitrogen and oxygen atoms in total. The van der Waals surface area contributed by atoms with Crippen molar-refractivity contribution in [1.82, 2.24) is 10.6 Å². The molecule has 0 bridgehead atoms. The zero-order valence-corrected chi connectivity index (χ0v) is 13.3. The van der Waals surface area contributed by atoms with E-state index in [1.165, 1.54) is 41.3 Å². The molecule has 1 fully saturated rings. The number of nitrogens with one attached hydrogen (secondary N) is 2. The van der Waals surface area contributed by atoms with Crippen LogP contribution in [0.3, 0.4) is 0 Å². The summed E-state index contributed by atoms with van der Waals surface area (Å²) in [6.45, 7) is 0.586. The Hall–Kier alpha value is -2.96. The summed E-state index contributed by atoms with van der Waals surface area (Å²) in [7, 11) is 0. The Balaban J connectivity index is 1.51. The lowest BCUT2D eigenvalue weighted by atomic mass is 10.2. The molecule has 1 heterocycles. The molecule has 3 rings (SSSR count). The van der Waals surface area contributed by atoms with Gasteiger partial charge in [0.1, 0.15) is 11.6 Å². The molecule has 0 radical (unpaired) electrons. The van der Waals surface area contributed by atoms with Gasteiger partial charge in [0.15, 0.2) is 0 Å². The van der Waals surface area contributed by atoms with Crippen LogP contribution in [-0.4, -0.2) is 24.5 Å². The number of benzene rings is 2. The van der Waals surface area contributed by atoms with E-state index in [9.17, 15) is 18.4 Å². The van der Waals surface area contributed by atoms with E-state index in [0.717, 1.165) is 5.56 Å². The highest BCUT2D eigenvalue weighted by atomic mass is 19.1. The maximum Gasteiger partial charge on any atom is 0.315 e. The third kappa shape index (κ3) is 4.32. The predicted molar refractivity (Wildman–Crippen MR) is 88.9 cm³/mol. The molecule has 0 aromatic heterocycles. The van der Waals surface area contributed by atoms with Gasteiger partial charge >= 0.3 is 6.03 Å². The molecule has 1 saturated heterocycles. The lowest BCUT2D eigenvalue weighted by Crippen LogP contribution is -2.43. The minimum absolute atomic E-state index is 0.129. The summed E-state index contributed by atoms with van der Waals surface area (Å²) in [5.74, 6) is -0.834. The molecule has 7 heteroatoms. The van der Waals surface area contributed by atoms with Crippen LogP contribution in [-0.2, 0) is 11.3 Å². The van der Waals surface area contributed by atoms with Crippen molar-refractivity contribution >= 4 is 17.6 Å². The van der Waals surface area contributed by atoms with Crippen LogP contribution in [0.2, 0.25) is 0 Å². The van der Waals surface area contributed by atoms with Gasteiger partial charge in [-0.1, -0.05) is 12.1 Å². The van der Waals surface area contributed by atoms with Crippen LogP contribution >= 0.6 is 0 Å². The molecule has 2 N–H and O–H groups in total. The fourth-order valence-corrected chi connectivity index (χ4v) is 2.70. The van der Waals surface area contributed by atoms with Crippen LogP contribution in [0, 0.1) is 11.6 Å². The fourth-order valence-electron chi connectivity index (χ4n) is 2.70. The van der Waals surface area contributed by atoms with Gasteiger partial charge in [-0.05, 0) is 42.0 Å². The monoisotopic (exact) mass is 345 g/mol. The number of hydrogen-bond donors (Lipinski definition) is 2.